The zero-order chi connectivity index (χ0) is 29.2. The van der Waals surface area contributed by atoms with Gasteiger partial charge in [-0.25, -0.2) is 21.6 Å². The summed E-state index contributed by atoms with van der Waals surface area (Å²) in [7, 11) is -6.62. The number of aromatic nitrogens is 2. The second kappa shape index (κ2) is 11.6. The third-order valence-corrected chi connectivity index (χ3v) is 8.47. The van der Waals surface area contributed by atoms with Crippen molar-refractivity contribution in [3.05, 3.63) is 65.0 Å². The lowest BCUT2D eigenvalue weighted by molar-refractivity contribution is -0.137. The standard InChI is InChI=1S/C25H31F3N4O5S2/c1-6-17(3)37-22-11-16(2)7-8-18(22)13-30-39(35,36)23-12-19(25(26,27)28)9-10-20(23)29-14-21-24(38(5,33)34)15-32(4)31-21/h7-12,15,17,29-30H,6,13-14H2,1-5H3. The molecule has 9 nitrogen and oxygen atoms in total. The van der Waals surface area contributed by atoms with Crippen LogP contribution in [-0.2, 0) is 46.2 Å². The van der Waals surface area contributed by atoms with Crippen LogP contribution < -0.4 is 14.8 Å². The fourth-order valence-electron chi connectivity index (χ4n) is 3.66. The number of alkyl halides is 3. The second-order valence-corrected chi connectivity index (χ2v) is 12.9. The van der Waals surface area contributed by atoms with Gasteiger partial charge in [-0.05, 0) is 50.1 Å². The van der Waals surface area contributed by atoms with Crippen LogP contribution in [0.4, 0.5) is 18.9 Å². The second-order valence-electron chi connectivity index (χ2n) is 9.22. The molecular formula is C25H31F3N4O5S2. The Morgan fingerprint density at radius 3 is 2.36 bits per heavy atom. The first kappa shape index (κ1) is 30.4. The summed E-state index contributed by atoms with van der Waals surface area (Å²) in [6.07, 6.45) is -1.92. The van der Waals surface area contributed by atoms with Crippen LogP contribution in [0.15, 0.2) is 52.4 Å². The monoisotopic (exact) mass is 588 g/mol. The third kappa shape index (κ3) is 7.73. The van der Waals surface area contributed by atoms with Gasteiger partial charge < -0.3 is 10.1 Å². The molecule has 0 aliphatic rings. The van der Waals surface area contributed by atoms with Gasteiger partial charge in [0.2, 0.25) is 10.0 Å². The van der Waals surface area contributed by atoms with Crippen molar-refractivity contribution < 1.29 is 34.7 Å². The van der Waals surface area contributed by atoms with Crippen molar-refractivity contribution in [1.82, 2.24) is 14.5 Å². The first-order valence-corrected chi connectivity index (χ1v) is 15.3. The van der Waals surface area contributed by atoms with Crippen LogP contribution in [0.1, 0.15) is 42.7 Å². The lowest BCUT2D eigenvalue weighted by Crippen LogP contribution is -2.25. The molecule has 39 heavy (non-hydrogen) atoms. The summed E-state index contributed by atoms with van der Waals surface area (Å²) in [4.78, 5) is -0.731. The molecule has 0 saturated heterocycles. The summed E-state index contributed by atoms with van der Waals surface area (Å²) < 4.78 is 101. The summed E-state index contributed by atoms with van der Waals surface area (Å²) >= 11 is 0. The van der Waals surface area contributed by atoms with E-state index in [1.165, 1.54) is 17.9 Å². The Morgan fingerprint density at radius 1 is 1.05 bits per heavy atom. The largest absolute Gasteiger partial charge is 0.490 e. The van der Waals surface area contributed by atoms with Gasteiger partial charge in [0.1, 0.15) is 21.2 Å². The SMILES string of the molecule is CCC(C)Oc1cc(C)ccc1CNS(=O)(=O)c1cc(C(F)(F)F)ccc1NCc1nn(C)cc1S(C)(=O)=O. The first-order valence-electron chi connectivity index (χ1n) is 11.9. The molecule has 0 amide bonds. The molecule has 214 valence electrons. The number of nitrogens with zero attached hydrogens (tertiary/aromatic N) is 2. The average molecular weight is 589 g/mol. The van der Waals surface area contributed by atoms with E-state index in [1.54, 1.807) is 18.2 Å². The van der Waals surface area contributed by atoms with Crippen molar-refractivity contribution in [1.29, 1.82) is 0 Å². The van der Waals surface area contributed by atoms with E-state index in [-0.39, 0.29) is 35.5 Å². The topological polar surface area (TPSA) is 119 Å². The van der Waals surface area contributed by atoms with Gasteiger partial charge >= 0.3 is 6.18 Å². The third-order valence-electron chi connectivity index (χ3n) is 5.89. The van der Waals surface area contributed by atoms with Crippen molar-refractivity contribution in [3.8, 4) is 5.75 Å². The van der Waals surface area contributed by atoms with Gasteiger partial charge in [-0.1, -0.05) is 19.1 Å². The average Bonchev–Trinajstić information content (AvgIpc) is 3.22. The van der Waals surface area contributed by atoms with Gasteiger partial charge in [0, 0.05) is 31.6 Å². The van der Waals surface area contributed by atoms with Crippen LogP contribution >= 0.6 is 0 Å². The molecule has 2 N–H and O–H groups in total. The van der Waals surface area contributed by atoms with Crippen LogP contribution in [0.25, 0.3) is 0 Å². The number of nitrogens with one attached hydrogen (secondary N) is 2. The zero-order valence-electron chi connectivity index (χ0n) is 22.1. The van der Waals surface area contributed by atoms with Crippen molar-refractivity contribution in [2.45, 2.75) is 62.4 Å². The number of rotatable bonds is 11. The van der Waals surface area contributed by atoms with E-state index >= 15 is 0 Å². The summed E-state index contributed by atoms with van der Waals surface area (Å²) in [5.74, 6) is 0.470. The highest BCUT2D eigenvalue weighted by Gasteiger charge is 2.33. The highest BCUT2D eigenvalue weighted by molar-refractivity contribution is 7.90. The number of sulfonamides is 1. The minimum absolute atomic E-state index is 0.0832. The minimum atomic E-state index is -4.79. The maximum absolute atomic E-state index is 13.5. The number of aryl methyl sites for hydroxylation is 2. The Balaban J connectivity index is 1.95. The van der Waals surface area contributed by atoms with Crippen LogP contribution in [0, 0.1) is 6.92 Å². The summed E-state index contributed by atoms with van der Waals surface area (Å²) in [6, 6.07) is 7.50. The van der Waals surface area contributed by atoms with E-state index in [0.29, 0.717) is 17.4 Å². The predicted octanol–water partition coefficient (Wildman–Crippen LogP) is 4.42. The van der Waals surface area contributed by atoms with Crippen molar-refractivity contribution in [3.63, 3.8) is 0 Å². The smallest absolute Gasteiger partial charge is 0.416 e. The Kier molecular flexibility index (Phi) is 9.02. The van der Waals surface area contributed by atoms with E-state index < -0.39 is 36.5 Å². The molecule has 0 aliphatic carbocycles. The Bertz CT molecular complexity index is 1550. The fourth-order valence-corrected chi connectivity index (χ4v) is 5.76. The van der Waals surface area contributed by atoms with Gasteiger partial charge in [-0.3, -0.25) is 4.68 Å². The fraction of sp³-hybridized carbons (Fsp3) is 0.400. The Morgan fingerprint density at radius 2 is 1.74 bits per heavy atom. The Labute approximate surface area is 226 Å². The molecule has 3 rings (SSSR count). The van der Waals surface area contributed by atoms with Gasteiger partial charge in [-0.15, -0.1) is 0 Å². The van der Waals surface area contributed by atoms with E-state index in [4.69, 9.17) is 4.74 Å². The Hall–Kier alpha value is -3.10. The maximum atomic E-state index is 13.5. The van der Waals surface area contributed by atoms with Crippen molar-refractivity contribution in [2.24, 2.45) is 7.05 Å². The number of anilines is 1. The molecule has 14 heteroatoms. The number of halogens is 3. The predicted molar refractivity (Wildman–Crippen MR) is 141 cm³/mol. The normalized spacial score (nSPS) is 13.3. The number of sulfone groups is 1. The van der Waals surface area contributed by atoms with E-state index in [1.807, 2.05) is 20.8 Å². The number of hydrogen-bond acceptors (Lipinski definition) is 7. The lowest BCUT2D eigenvalue weighted by atomic mass is 10.1. The molecule has 1 heterocycles. The van der Waals surface area contributed by atoms with E-state index in [2.05, 4.69) is 15.1 Å². The van der Waals surface area contributed by atoms with Crippen molar-refractivity contribution >= 4 is 25.5 Å². The number of benzene rings is 2. The molecule has 2 aromatic carbocycles. The first-order chi connectivity index (χ1) is 18.0. The van der Waals surface area contributed by atoms with Crippen LogP contribution in [0.5, 0.6) is 5.75 Å². The molecule has 3 aromatic rings. The van der Waals surface area contributed by atoms with Gasteiger partial charge in [0.25, 0.3) is 0 Å². The summed E-state index contributed by atoms with van der Waals surface area (Å²) in [5.41, 5.74) is 0.187. The van der Waals surface area contributed by atoms with Crippen LogP contribution in [-0.4, -0.2) is 39.0 Å². The molecule has 0 spiro atoms. The van der Waals surface area contributed by atoms with E-state index in [9.17, 15) is 30.0 Å². The molecule has 0 fully saturated rings. The van der Waals surface area contributed by atoms with Crippen molar-refractivity contribution in [2.75, 3.05) is 11.6 Å². The molecule has 0 radical (unpaired) electrons. The zero-order valence-corrected chi connectivity index (χ0v) is 23.8. The number of hydrogen-bond donors (Lipinski definition) is 2. The lowest BCUT2D eigenvalue weighted by Gasteiger charge is -2.18. The highest BCUT2D eigenvalue weighted by Crippen LogP contribution is 2.34. The van der Waals surface area contributed by atoms with Crippen LogP contribution in [0.3, 0.4) is 0 Å². The molecule has 0 saturated carbocycles. The minimum Gasteiger partial charge on any atom is -0.490 e. The number of ether oxygens (including phenoxy) is 1. The molecule has 1 atom stereocenters. The summed E-state index contributed by atoms with van der Waals surface area (Å²) in [5, 5.41) is 6.82. The van der Waals surface area contributed by atoms with Gasteiger partial charge in [0.05, 0.1) is 23.9 Å². The van der Waals surface area contributed by atoms with Crippen LogP contribution in [0.2, 0.25) is 0 Å². The van der Waals surface area contributed by atoms with Gasteiger partial charge in [-0.2, -0.15) is 18.3 Å². The van der Waals surface area contributed by atoms with Gasteiger partial charge in [0.15, 0.2) is 9.84 Å². The molecule has 1 unspecified atom stereocenters. The molecular weight excluding hydrogens is 557 g/mol. The maximum Gasteiger partial charge on any atom is 0.416 e. The molecule has 0 bridgehead atoms. The molecule has 0 aliphatic heterocycles. The van der Waals surface area contributed by atoms with E-state index in [0.717, 1.165) is 30.4 Å². The summed E-state index contributed by atoms with van der Waals surface area (Å²) in [6.45, 7) is 5.18. The quantitative estimate of drug-likeness (QED) is 0.340. The molecule has 1 aromatic heterocycles. The highest BCUT2D eigenvalue weighted by atomic mass is 32.2.